The molecule has 1 atom stereocenters. The summed E-state index contributed by atoms with van der Waals surface area (Å²) in [6.07, 6.45) is 2.27. The molecular formula is C15H19NO3. The molecule has 0 saturated carbocycles. The quantitative estimate of drug-likeness (QED) is 0.908. The highest BCUT2D eigenvalue weighted by molar-refractivity contribution is 5.95. The van der Waals surface area contributed by atoms with Crippen LogP contribution in [-0.4, -0.2) is 34.3 Å². The highest BCUT2D eigenvalue weighted by Gasteiger charge is 2.30. The summed E-state index contributed by atoms with van der Waals surface area (Å²) in [7, 11) is 0. The largest absolute Gasteiger partial charge is 0.508 e. The normalized spacial score (nSPS) is 18.6. The van der Waals surface area contributed by atoms with Crippen LogP contribution < -0.4 is 0 Å². The van der Waals surface area contributed by atoms with Crippen LogP contribution in [0, 0.1) is 6.92 Å². The Balaban J connectivity index is 2.18. The highest BCUT2D eigenvalue weighted by atomic mass is 16.3. The average Bonchev–Trinajstić information content (AvgIpc) is 2.79. The van der Waals surface area contributed by atoms with Crippen LogP contribution in [0.1, 0.15) is 42.1 Å². The molecule has 4 heteroatoms. The lowest BCUT2D eigenvalue weighted by Gasteiger charge is -2.24. The first kappa shape index (κ1) is 13.6. The van der Waals surface area contributed by atoms with Crippen molar-refractivity contribution in [1.82, 2.24) is 4.90 Å². The number of phenols is 1. The molecule has 4 nitrogen and oxygen atoms in total. The van der Waals surface area contributed by atoms with E-state index in [1.54, 1.807) is 36.9 Å². The number of rotatable bonds is 3. The predicted molar refractivity (Wildman–Crippen MR) is 72.2 cm³/mol. The van der Waals surface area contributed by atoms with Crippen molar-refractivity contribution in [1.29, 1.82) is 0 Å². The van der Waals surface area contributed by atoms with Crippen LogP contribution in [-0.2, 0) is 4.79 Å². The van der Waals surface area contributed by atoms with E-state index in [1.165, 1.54) is 0 Å². The fourth-order valence-corrected chi connectivity index (χ4v) is 2.60. The monoisotopic (exact) mass is 261 g/mol. The minimum Gasteiger partial charge on any atom is -0.508 e. The van der Waals surface area contributed by atoms with Crippen LogP contribution in [0.4, 0.5) is 0 Å². The van der Waals surface area contributed by atoms with Crippen LogP contribution >= 0.6 is 0 Å². The van der Waals surface area contributed by atoms with Crippen molar-refractivity contribution in [2.24, 2.45) is 0 Å². The van der Waals surface area contributed by atoms with Gasteiger partial charge in [-0.1, -0.05) is 0 Å². The van der Waals surface area contributed by atoms with Gasteiger partial charge in [0.05, 0.1) is 0 Å². The summed E-state index contributed by atoms with van der Waals surface area (Å²) in [5, 5.41) is 9.49. The SMILES string of the molecule is CC(=O)CC1CCCN1C(=O)c1ccc(O)c(C)c1. The van der Waals surface area contributed by atoms with Crippen LogP contribution in [0.5, 0.6) is 5.75 Å². The number of aromatic hydroxyl groups is 1. The number of Topliss-reactive ketones (excluding diaryl/α,β-unsaturated/α-hetero) is 1. The number of ketones is 1. The first-order valence-electron chi connectivity index (χ1n) is 6.59. The molecule has 1 unspecified atom stereocenters. The molecule has 1 fully saturated rings. The molecule has 1 aromatic rings. The third-order valence-corrected chi connectivity index (χ3v) is 3.60. The molecule has 0 aliphatic carbocycles. The van der Waals surface area contributed by atoms with Crippen molar-refractivity contribution in [3.05, 3.63) is 29.3 Å². The number of hydrogen-bond donors (Lipinski definition) is 1. The molecule has 1 heterocycles. The van der Waals surface area contributed by atoms with Gasteiger partial charge in [0.15, 0.2) is 0 Å². The zero-order chi connectivity index (χ0) is 14.0. The van der Waals surface area contributed by atoms with E-state index in [0.717, 1.165) is 12.8 Å². The van der Waals surface area contributed by atoms with Crippen molar-refractivity contribution in [3.8, 4) is 5.75 Å². The summed E-state index contributed by atoms with van der Waals surface area (Å²) in [5.74, 6) is 0.261. The van der Waals surface area contributed by atoms with Gasteiger partial charge in [0.25, 0.3) is 5.91 Å². The number of nitrogens with zero attached hydrogens (tertiary/aromatic N) is 1. The number of benzene rings is 1. The molecule has 0 radical (unpaired) electrons. The van der Waals surface area contributed by atoms with Crippen molar-refractivity contribution >= 4 is 11.7 Å². The van der Waals surface area contributed by atoms with E-state index in [2.05, 4.69) is 0 Å². The van der Waals surface area contributed by atoms with E-state index in [1.807, 2.05) is 0 Å². The lowest BCUT2D eigenvalue weighted by atomic mass is 10.1. The molecule has 1 amide bonds. The number of carbonyl (C=O) groups is 2. The van der Waals surface area contributed by atoms with Gasteiger partial charge in [-0.15, -0.1) is 0 Å². The second-order valence-corrected chi connectivity index (χ2v) is 5.20. The Hall–Kier alpha value is -1.84. The molecule has 0 spiro atoms. The van der Waals surface area contributed by atoms with E-state index in [4.69, 9.17) is 0 Å². The summed E-state index contributed by atoms with van der Waals surface area (Å²) < 4.78 is 0. The van der Waals surface area contributed by atoms with Crippen molar-refractivity contribution in [2.75, 3.05) is 6.54 Å². The van der Waals surface area contributed by atoms with Gasteiger partial charge in [-0.3, -0.25) is 9.59 Å². The molecule has 1 aliphatic heterocycles. The molecule has 19 heavy (non-hydrogen) atoms. The maximum Gasteiger partial charge on any atom is 0.254 e. The number of likely N-dealkylation sites (tertiary alicyclic amines) is 1. The van der Waals surface area contributed by atoms with Gasteiger partial charge >= 0.3 is 0 Å². The van der Waals surface area contributed by atoms with E-state index >= 15 is 0 Å². The summed E-state index contributed by atoms with van der Waals surface area (Å²) in [5.41, 5.74) is 1.26. The predicted octanol–water partition coefficient (Wildman–Crippen LogP) is 2.28. The third kappa shape index (κ3) is 2.95. The fourth-order valence-electron chi connectivity index (χ4n) is 2.60. The molecule has 0 bridgehead atoms. The van der Waals surface area contributed by atoms with E-state index in [-0.39, 0.29) is 23.5 Å². The van der Waals surface area contributed by atoms with Crippen LogP contribution in [0.25, 0.3) is 0 Å². The molecule has 2 rings (SSSR count). The minimum atomic E-state index is -0.0492. The topological polar surface area (TPSA) is 57.6 Å². The van der Waals surface area contributed by atoms with Crippen molar-refractivity contribution in [2.45, 2.75) is 39.2 Å². The molecule has 102 valence electrons. The Labute approximate surface area is 113 Å². The zero-order valence-electron chi connectivity index (χ0n) is 11.3. The second-order valence-electron chi connectivity index (χ2n) is 5.20. The Morgan fingerprint density at radius 1 is 1.42 bits per heavy atom. The molecule has 0 aromatic heterocycles. The Morgan fingerprint density at radius 2 is 2.16 bits per heavy atom. The van der Waals surface area contributed by atoms with E-state index in [9.17, 15) is 14.7 Å². The number of amides is 1. The molecule has 1 N–H and O–H groups in total. The lowest BCUT2D eigenvalue weighted by Crippen LogP contribution is -2.36. The zero-order valence-corrected chi connectivity index (χ0v) is 11.3. The molecule has 1 aliphatic rings. The van der Waals surface area contributed by atoms with Gasteiger partial charge in [0, 0.05) is 24.6 Å². The summed E-state index contributed by atoms with van der Waals surface area (Å²) in [6, 6.07) is 4.90. The number of carbonyl (C=O) groups excluding carboxylic acids is 2. The first-order chi connectivity index (χ1) is 8.99. The highest BCUT2D eigenvalue weighted by Crippen LogP contribution is 2.24. The van der Waals surface area contributed by atoms with Gasteiger partial charge in [-0.2, -0.15) is 0 Å². The van der Waals surface area contributed by atoms with Gasteiger partial charge in [-0.25, -0.2) is 0 Å². The minimum absolute atomic E-state index is 0.0270. The third-order valence-electron chi connectivity index (χ3n) is 3.60. The van der Waals surface area contributed by atoms with Crippen molar-refractivity contribution in [3.63, 3.8) is 0 Å². The maximum absolute atomic E-state index is 12.4. The summed E-state index contributed by atoms with van der Waals surface area (Å²) >= 11 is 0. The van der Waals surface area contributed by atoms with E-state index in [0.29, 0.717) is 24.1 Å². The number of hydrogen-bond acceptors (Lipinski definition) is 3. The maximum atomic E-state index is 12.4. The Morgan fingerprint density at radius 3 is 2.79 bits per heavy atom. The van der Waals surface area contributed by atoms with Crippen molar-refractivity contribution < 1.29 is 14.7 Å². The number of phenolic OH excluding ortho intramolecular Hbond substituents is 1. The summed E-state index contributed by atoms with van der Waals surface area (Å²) in [4.78, 5) is 25.5. The Bertz CT molecular complexity index is 510. The van der Waals surface area contributed by atoms with Crippen LogP contribution in [0.2, 0.25) is 0 Å². The van der Waals surface area contributed by atoms with Gasteiger partial charge in [-0.05, 0) is 50.5 Å². The standard InChI is InChI=1S/C15H19NO3/c1-10-8-12(5-6-14(10)18)15(19)16-7-3-4-13(16)9-11(2)17/h5-6,8,13,18H,3-4,7,9H2,1-2H3. The second kappa shape index (κ2) is 5.43. The first-order valence-corrected chi connectivity index (χ1v) is 6.59. The average molecular weight is 261 g/mol. The number of aryl methyl sites for hydroxylation is 1. The summed E-state index contributed by atoms with van der Waals surface area (Å²) in [6.45, 7) is 4.03. The Kier molecular flexibility index (Phi) is 3.88. The molecule has 1 aromatic carbocycles. The van der Waals surface area contributed by atoms with Gasteiger partial charge in [0.1, 0.15) is 11.5 Å². The van der Waals surface area contributed by atoms with Gasteiger partial charge < -0.3 is 10.0 Å². The van der Waals surface area contributed by atoms with E-state index < -0.39 is 0 Å². The van der Waals surface area contributed by atoms with Gasteiger partial charge in [0.2, 0.25) is 0 Å². The molecule has 1 saturated heterocycles. The van der Waals surface area contributed by atoms with Crippen LogP contribution in [0.3, 0.4) is 0 Å². The smallest absolute Gasteiger partial charge is 0.254 e. The molecular weight excluding hydrogens is 242 g/mol. The fraction of sp³-hybridized carbons (Fsp3) is 0.467. The van der Waals surface area contributed by atoms with Crippen LogP contribution in [0.15, 0.2) is 18.2 Å². The lowest BCUT2D eigenvalue weighted by molar-refractivity contribution is -0.117.